The molecule has 2 bridgehead atoms. The lowest BCUT2D eigenvalue weighted by atomic mass is 10.00. The van der Waals surface area contributed by atoms with Crippen molar-refractivity contribution in [2.45, 2.75) is 50.2 Å². The molecule has 2 atom stereocenters. The number of rotatable bonds is 5. The molecule has 1 aromatic rings. The Balaban J connectivity index is 1.36. The molecular formula is C15H21N3O2S. The summed E-state index contributed by atoms with van der Waals surface area (Å²) in [5.41, 5.74) is 0. The molecule has 3 N–H and O–H groups in total. The van der Waals surface area contributed by atoms with Gasteiger partial charge in [0.15, 0.2) is 0 Å². The minimum absolute atomic E-state index is 0.0350. The van der Waals surface area contributed by atoms with Gasteiger partial charge in [0.05, 0.1) is 4.88 Å². The summed E-state index contributed by atoms with van der Waals surface area (Å²) in [5, 5.41) is 11.3. The lowest BCUT2D eigenvalue weighted by Crippen LogP contribution is -2.48. The van der Waals surface area contributed by atoms with Gasteiger partial charge in [-0.25, -0.2) is 0 Å². The summed E-state index contributed by atoms with van der Waals surface area (Å²) < 4.78 is 0. The van der Waals surface area contributed by atoms with Crippen molar-refractivity contribution in [3.8, 4) is 0 Å². The second-order valence-electron chi connectivity index (χ2n) is 5.86. The van der Waals surface area contributed by atoms with Crippen LogP contribution in [0, 0.1) is 0 Å². The zero-order valence-electron chi connectivity index (χ0n) is 11.9. The highest BCUT2D eigenvalue weighted by molar-refractivity contribution is 7.12. The van der Waals surface area contributed by atoms with Crippen LogP contribution in [-0.2, 0) is 4.79 Å². The van der Waals surface area contributed by atoms with Crippen molar-refractivity contribution in [3.05, 3.63) is 22.4 Å². The van der Waals surface area contributed by atoms with Crippen LogP contribution in [0.5, 0.6) is 0 Å². The maximum atomic E-state index is 11.9. The zero-order valence-corrected chi connectivity index (χ0v) is 12.7. The summed E-state index contributed by atoms with van der Waals surface area (Å²) in [4.78, 5) is 24.3. The number of carbonyl (C=O) groups is 2. The van der Waals surface area contributed by atoms with Crippen molar-refractivity contribution in [1.29, 1.82) is 0 Å². The molecule has 2 amide bonds. The van der Waals surface area contributed by atoms with Crippen LogP contribution < -0.4 is 16.0 Å². The van der Waals surface area contributed by atoms with E-state index < -0.39 is 0 Å². The van der Waals surface area contributed by atoms with Crippen LogP contribution in [-0.4, -0.2) is 36.5 Å². The first kappa shape index (κ1) is 14.5. The highest BCUT2D eigenvalue weighted by Crippen LogP contribution is 2.26. The third-order valence-corrected chi connectivity index (χ3v) is 5.09. The van der Waals surface area contributed by atoms with E-state index in [1.54, 1.807) is 6.07 Å². The summed E-state index contributed by atoms with van der Waals surface area (Å²) in [6.45, 7) is 0.389. The highest BCUT2D eigenvalue weighted by atomic mass is 32.1. The number of piperidine rings is 1. The Bertz CT molecular complexity index is 491. The van der Waals surface area contributed by atoms with E-state index in [2.05, 4.69) is 16.0 Å². The van der Waals surface area contributed by atoms with Gasteiger partial charge in [-0.15, -0.1) is 11.3 Å². The molecule has 0 radical (unpaired) electrons. The minimum atomic E-state index is -0.0993. The second-order valence-corrected chi connectivity index (χ2v) is 6.80. The Morgan fingerprint density at radius 2 is 2.05 bits per heavy atom. The van der Waals surface area contributed by atoms with E-state index in [-0.39, 0.29) is 11.8 Å². The second kappa shape index (κ2) is 6.58. The number of hydrogen-bond donors (Lipinski definition) is 3. The van der Waals surface area contributed by atoms with Gasteiger partial charge in [-0.1, -0.05) is 6.07 Å². The Morgan fingerprint density at radius 3 is 2.71 bits per heavy atom. The van der Waals surface area contributed by atoms with Gasteiger partial charge in [0, 0.05) is 31.1 Å². The van der Waals surface area contributed by atoms with Gasteiger partial charge in [0.25, 0.3) is 5.91 Å². The van der Waals surface area contributed by atoms with Gasteiger partial charge in [0.1, 0.15) is 0 Å². The van der Waals surface area contributed by atoms with Crippen LogP contribution >= 0.6 is 11.3 Å². The summed E-state index contributed by atoms with van der Waals surface area (Å²) in [5.74, 6) is -0.0644. The molecule has 2 saturated heterocycles. The summed E-state index contributed by atoms with van der Waals surface area (Å²) in [7, 11) is 0. The lowest BCUT2D eigenvalue weighted by molar-refractivity contribution is -0.121. The van der Waals surface area contributed by atoms with Crippen molar-refractivity contribution >= 4 is 23.2 Å². The zero-order chi connectivity index (χ0) is 14.7. The molecule has 21 heavy (non-hydrogen) atoms. The molecule has 0 spiro atoms. The molecule has 2 fully saturated rings. The predicted octanol–water partition coefficient (Wildman–Crippen LogP) is 1.27. The van der Waals surface area contributed by atoms with E-state index in [1.165, 1.54) is 24.2 Å². The van der Waals surface area contributed by atoms with Gasteiger partial charge >= 0.3 is 0 Å². The minimum Gasteiger partial charge on any atom is -0.353 e. The molecule has 0 aliphatic carbocycles. The highest BCUT2D eigenvalue weighted by Gasteiger charge is 2.33. The van der Waals surface area contributed by atoms with E-state index >= 15 is 0 Å². The molecule has 114 valence electrons. The topological polar surface area (TPSA) is 70.2 Å². The van der Waals surface area contributed by atoms with Crippen LogP contribution in [0.4, 0.5) is 0 Å². The third kappa shape index (κ3) is 3.83. The van der Waals surface area contributed by atoms with Crippen LogP contribution in [0.2, 0.25) is 0 Å². The van der Waals surface area contributed by atoms with Gasteiger partial charge in [-0.2, -0.15) is 0 Å². The number of hydrogen-bond acceptors (Lipinski definition) is 4. The fourth-order valence-electron chi connectivity index (χ4n) is 3.26. The van der Waals surface area contributed by atoms with Crippen molar-refractivity contribution < 1.29 is 9.59 Å². The molecule has 0 saturated carbocycles. The van der Waals surface area contributed by atoms with E-state index in [0.717, 1.165) is 12.8 Å². The Kier molecular flexibility index (Phi) is 4.55. The smallest absolute Gasteiger partial charge is 0.261 e. The molecule has 2 aliphatic rings. The van der Waals surface area contributed by atoms with Crippen molar-refractivity contribution in [1.82, 2.24) is 16.0 Å². The molecule has 3 rings (SSSR count). The first-order valence-corrected chi connectivity index (χ1v) is 8.46. The molecule has 1 aromatic heterocycles. The fourth-order valence-corrected chi connectivity index (χ4v) is 3.90. The van der Waals surface area contributed by atoms with E-state index in [0.29, 0.717) is 36.0 Å². The monoisotopic (exact) mass is 307 g/mol. The molecule has 2 aliphatic heterocycles. The quantitative estimate of drug-likeness (QED) is 0.767. The molecule has 3 heterocycles. The Morgan fingerprint density at radius 1 is 1.29 bits per heavy atom. The summed E-state index contributed by atoms with van der Waals surface area (Å²) in [6, 6.07) is 5.08. The maximum absolute atomic E-state index is 11.9. The number of nitrogens with one attached hydrogen (secondary N) is 3. The number of amides is 2. The maximum Gasteiger partial charge on any atom is 0.261 e. The number of thiophene rings is 1. The first-order valence-electron chi connectivity index (χ1n) is 7.58. The standard InChI is InChI=1S/C15H21N3O2S/c19-14(5-6-16-15(20)13-2-1-7-21-13)18-12-8-10-3-4-11(9-12)17-10/h1-2,7,10-12,17H,3-6,8-9H2,(H,16,20)(H,18,19). The van der Waals surface area contributed by atoms with E-state index in [1.807, 2.05) is 11.4 Å². The SMILES string of the molecule is O=C(CCNC(=O)c1cccs1)NC1CC2CCC(C1)N2. The van der Waals surface area contributed by atoms with Crippen LogP contribution in [0.25, 0.3) is 0 Å². The van der Waals surface area contributed by atoms with Crippen molar-refractivity contribution in [3.63, 3.8) is 0 Å². The van der Waals surface area contributed by atoms with Gasteiger partial charge in [-0.05, 0) is 37.1 Å². The molecule has 6 heteroatoms. The summed E-state index contributed by atoms with van der Waals surface area (Å²) >= 11 is 1.41. The molecular weight excluding hydrogens is 286 g/mol. The molecule has 2 unspecified atom stereocenters. The van der Waals surface area contributed by atoms with Gasteiger partial charge < -0.3 is 16.0 Å². The normalized spacial score (nSPS) is 27.3. The Hall–Kier alpha value is -1.40. The predicted molar refractivity (Wildman–Crippen MR) is 82.4 cm³/mol. The van der Waals surface area contributed by atoms with E-state index in [4.69, 9.17) is 0 Å². The van der Waals surface area contributed by atoms with Crippen molar-refractivity contribution in [2.75, 3.05) is 6.54 Å². The van der Waals surface area contributed by atoms with Gasteiger partial charge in [0.2, 0.25) is 5.91 Å². The number of carbonyl (C=O) groups excluding carboxylic acids is 2. The molecule has 0 aromatic carbocycles. The fraction of sp³-hybridized carbons (Fsp3) is 0.600. The van der Waals surface area contributed by atoms with Crippen molar-refractivity contribution in [2.24, 2.45) is 0 Å². The first-order chi connectivity index (χ1) is 10.2. The average molecular weight is 307 g/mol. The van der Waals surface area contributed by atoms with Crippen LogP contribution in [0.3, 0.4) is 0 Å². The third-order valence-electron chi connectivity index (χ3n) is 4.22. The van der Waals surface area contributed by atoms with E-state index in [9.17, 15) is 9.59 Å². The van der Waals surface area contributed by atoms with Crippen LogP contribution in [0.15, 0.2) is 17.5 Å². The average Bonchev–Trinajstić information content (AvgIpc) is 3.09. The van der Waals surface area contributed by atoms with Gasteiger partial charge in [-0.3, -0.25) is 9.59 Å². The largest absolute Gasteiger partial charge is 0.353 e. The number of fused-ring (bicyclic) bond motifs is 2. The lowest BCUT2D eigenvalue weighted by Gasteiger charge is -2.29. The van der Waals surface area contributed by atoms with Crippen LogP contribution in [0.1, 0.15) is 41.8 Å². The summed E-state index contributed by atoms with van der Waals surface area (Å²) in [6.07, 6.45) is 4.87. The molecule has 5 nitrogen and oxygen atoms in total. The Labute approximate surface area is 128 Å².